The van der Waals surface area contributed by atoms with Gasteiger partial charge in [-0.3, -0.25) is 4.79 Å². The number of para-hydroxylation sites is 1. The molecule has 124 valence electrons. The van der Waals surface area contributed by atoms with Gasteiger partial charge in [-0.25, -0.2) is 4.68 Å². The van der Waals surface area contributed by atoms with Crippen molar-refractivity contribution in [1.82, 2.24) is 20.3 Å². The van der Waals surface area contributed by atoms with E-state index < -0.39 is 0 Å². The zero-order chi connectivity index (χ0) is 17.3. The van der Waals surface area contributed by atoms with Gasteiger partial charge >= 0.3 is 0 Å². The van der Waals surface area contributed by atoms with Crippen LogP contribution in [0.2, 0.25) is 0 Å². The van der Waals surface area contributed by atoms with Gasteiger partial charge in [0.2, 0.25) is 0 Å². The number of aromatic nitrogens is 3. The van der Waals surface area contributed by atoms with Crippen LogP contribution in [0.4, 0.5) is 0 Å². The summed E-state index contributed by atoms with van der Waals surface area (Å²) >= 11 is 0. The zero-order valence-corrected chi connectivity index (χ0v) is 14.2. The molecule has 0 aliphatic carbocycles. The summed E-state index contributed by atoms with van der Waals surface area (Å²) in [6.07, 6.45) is 1.79. The Kier molecular flexibility index (Phi) is 4.20. The smallest absolute Gasteiger partial charge is 0.257 e. The van der Waals surface area contributed by atoms with Crippen molar-refractivity contribution in [1.29, 1.82) is 0 Å². The van der Waals surface area contributed by atoms with E-state index in [2.05, 4.69) is 15.6 Å². The summed E-state index contributed by atoms with van der Waals surface area (Å²) in [7, 11) is 0. The molecule has 6 nitrogen and oxygen atoms in total. The number of nitrogens with zero attached hydrogens (tertiary/aromatic N) is 3. The highest BCUT2D eigenvalue weighted by Gasteiger charge is 2.21. The van der Waals surface area contributed by atoms with Crippen molar-refractivity contribution in [2.45, 2.75) is 33.7 Å². The van der Waals surface area contributed by atoms with Crippen LogP contribution >= 0.6 is 0 Å². The van der Waals surface area contributed by atoms with Crippen LogP contribution in [0.3, 0.4) is 0 Å². The van der Waals surface area contributed by atoms with Crippen LogP contribution in [-0.2, 0) is 0 Å². The number of amides is 1. The molecule has 1 atom stereocenters. The minimum atomic E-state index is -0.189. The first-order valence-corrected chi connectivity index (χ1v) is 7.82. The maximum absolute atomic E-state index is 12.5. The second-order valence-electron chi connectivity index (χ2n) is 5.83. The summed E-state index contributed by atoms with van der Waals surface area (Å²) in [6.45, 7) is 7.43. The molecule has 3 rings (SSSR count). The quantitative estimate of drug-likeness (QED) is 0.799. The molecule has 1 unspecified atom stereocenters. The predicted octanol–water partition coefficient (Wildman–Crippen LogP) is 3.28. The second-order valence-corrected chi connectivity index (χ2v) is 5.83. The molecular weight excluding hydrogens is 304 g/mol. The molecule has 2 aromatic heterocycles. The Bertz CT molecular complexity index is 845. The highest BCUT2D eigenvalue weighted by molar-refractivity contribution is 5.96. The molecule has 0 spiro atoms. The van der Waals surface area contributed by atoms with E-state index in [0.29, 0.717) is 17.0 Å². The largest absolute Gasteiger partial charge is 0.361 e. The van der Waals surface area contributed by atoms with Crippen molar-refractivity contribution in [3.8, 4) is 5.69 Å². The average Bonchev–Trinajstić information content (AvgIpc) is 3.10. The molecule has 24 heavy (non-hydrogen) atoms. The molecule has 2 heterocycles. The van der Waals surface area contributed by atoms with Crippen molar-refractivity contribution in [3.05, 3.63) is 64.8 Å². The number of hydrogen-bond donors (Lipinski definition) is 1. The molecule has 1 amide bonds. The van der Waals surface area contributed by atoms with Crippen LogP contribution in [0, 0.1) is 20.8 Å². The summed E-state index contributed by atoms with van der Waals surface area (Å²) in [5, 5.41) is 11.3. The summed E-state index contributed by atoms with van der Waals surface area (Å²) < 4.78 is 6.93. The first-order chi connectivity index (χ1) is 11.5. The van der Waals surface area contributed by atoms with Crippen LogP contribution < -0.4 is 5.32 Å². The molecular formula is C18H20N4O2. The maximum Gasteiger partial charge on any atom is 0.257 e. The molecule has 0 aliphatic rings. The lowest BCUT2D eigenvalue weighted by Crippen LogP contribution is -2.27. The number of aryl methyl sites for hydroxylation is 2. The summed E-state index contributed by atoms with van der Waals surface area (Å²) in [5.74, 6) is 0.333. The highest BCUT2D eigenvalue weighted by atomic mass is 16.5. The highest BCUT2D eigenvalue weighted by Crippen LogP contribution is 2.21. The van der Waals surface area contributed by atoms with E-state index in [1.54, 1.807) is 20.0 Å². The average molecular weight is 324 g/mol. The summed E-state index contributed by atoms with van der Waals surface area (Å²) in [5.41, 5.74) is 4.04. The van der Waals surface area contributed by atoms with Crippen LogP contribution in [0.1, 0.15) is 46.0 Å². The minimum Gasteiger partial charge on any atom is -0.361 e. The van der Waals surface area contributed by atoms with Crippen molar-refractivity contribution < 1.29 is 9.32 Å². The number of carbonyl (C=O) groups is 1. The lowest BCUT2D eigenvalue weighted by atomic mass is 10.1. The van der Waals surface area contributed by atoms with E-state index in [9.17, 15) is 4.79 Å². The van der Waals surface area contributed by atoms with Crippen molar-refractivity contribution in [2.24, 2.45) is 0 Å². The van der Waals surface area contributed by atoms with E-state index >= 15 is 0 Å². The lowest BCUT2D eigenvalue weighted by Gasteiger charge is -2.14. The van der Waals surface area contributed by atoms with Crippen LogP contribution in [0.15, 0.2) is 41.1 Å². The topological polar surface area (TPSA) is 73.0 Å². The van der Waals surface area contributed by atoms with Gasteiger partial charge in [-0.05, 0) is 39.8 Å². The fraction of sp³-hybridized carbons (Fsp3) is 0.278. The predicted molar refractivity (Wildman–Crippen MR) is 90.2 cm³/mol. The van der Waals surface area contributed by atoms with Gasteiger partial charge in [0.05, 0.1) is 23.6 Å². The van der Waals surface area contributed by atoms with Crippen LogP contribution in [0.5, 0.6) is 0 Å². The molecule has 0 bridgehead atoms. The molecule has 0 saturated heterocycles. The number of carbonyl (C=O) groups excluding carboxylic acids is 1. The normalized spacial score (nSPS) is 12.2. The van der Waals surface area contributed by atoms with Gasteiger partial charge in [0.15, 0.2) is 0 Å². The molecule has 0 saturated carbocycles. The Morgan fingerprint density at radius 2 is 1.92 bits per heavy atom. The first-order valence-electron chi connectivity index (χ1n) is 7.82. The van der Waals surface area contributed by atoms with Crippen LogP contribution in [0.25, 0.3) is 5.69 Å². The summed E-state index contributed by atoms with van der Waals surface area (Å²) in [4.78, 5) is 12.5. The molecule has 0 fully saturated rings. The van der Waals surface area contributed by atoms with Gasteiger partial charge in [-0.15, -0.1) is 0 Å². The SMILES string of the molecule is Cc1noc(C)c1C(=O)NC(C)c1cnn(-c2ccccc2)c1C. The van der Waals surface area contributed by atoms with Crippen molar-refractivity contribution in [3.63, 3.8) is 0 Å². The van der Waals surface area contributed by atoms with E-state index in [-0.39, 0.29) is 11.9 Å². The van der Waals surface area contributed by atoms with E-state index in [1.165, 1.54) is 0 Å². The van der Waals surface area contributed by atoms with Gasteiger partial charge in [-0.1, -0.05) is 23.4 Å². The Morgan fingerprint density at radius 3 is 2.54 bits per heavy atom. The third-order valence-electron chi connectivity index (χ3n) is 4.12. The fourth-order valence-electron chi connectivity index (χ4n) is 2.83. The monoisotopic (exact) mass is 324 g/mol. The zero-order valence-electron chi connectivity index (χ0n) is 14.2. The van der Waals surface area contributed by atoms with E-state index in [1.807, 2.05) is 48.9 Å². The van der Waals surface area contributed by atoms with Gasteiger partial charge < -0.3 is 9.84 Å². The number of hydrogen-bond acceptors (Lipinski definition) is 4. The minimum absolute atomic E-state index is 0.177. The molecule has 0 aliphatic heterocycles. The van der Waals surface area contributed by atoms with E-state index in [4.69, 9.17) is 4.52 Å². The number of rotatable bonds is 4. The fourth-order valence-corrected chi connectivity index (χ4v) is 2.83. The number of benzene rings is 1. The van der Waals surface area contributed by atoms with Gasteiger partial charge in [-0.2, -0.15) is 5.10 Å². The van der Waals surface area contributed by atoms with Crippen molar-refractivity contribution >= 4 is 5.91 Å². The van der Waals surface area contributed by atoms with E-state index in [0.717, 1.165) is 16.9 Å². The standard InChI is InChI=1S/C18H20N4O2/c1-11(20-18(23)17-12(2)21-24-14(17)4)16-10-19-22(13(16)3)15-8-6-5-7-9-15/h5-11H,1-4H3,(H,20,23). The van der Waals surface area contributed by atoms with Gasteiger partial charge in [0.25, 0.3) is 5.91 Å². The Morgan fingerprint density at radius 1 is 1.21 bits per heavy atom. The molecule has 1 aromatic carbocycles. The molecule has 6 heteroatoms. The van der Waals surface area contributed by atoms with Crippen LogP contribution in [-0.4, -0.2) is 20.8 Å². The Hall–Kier alpha value is -2.89. The first kappa shape index (κ1) is 16.0. The van der Waals surface area contributed by atoms with Gasteiger partial charge in [0.1, 0.15) is 11.3 Å². The summed E-state index contributed by atoms with van der Waals surface area (Å²) in [6, 6.07) is 9.73. The molecule has 1 N–H and O–H groups in total. The van der Waals surface area contributed by atoms with Crippen molar-refractivity contribution in [2.75, 3.05) is 0 Å². The number of nitrogens with one attached hydrogen (secondary N) is 1. The third kappa shape index (κ3) is 2.82. The molecule has 0 radical (unpaired) electrons. The Balaban J connectivity index is 1.83. The lowest BCUT2D eigenvalue weighted by molar-refractivity contribution is 0.0938. The third-order valence-corrected chi connectivity index (χ3v) is 4.12. The molecule has 3 aromatic rings. The van der Waals surface area contributed by atoms with Gasteiger partial charge in [0, 0.05) is 11.3 Å². The second kappa shape index (κ2) is 6.31. The maximum atomic E-state index is 12.5. The Labute approximate surface area is 140 Å².